The quantitative estimate of drug-likeness (QED) is 0.797. The second kappa shape index (κ2) is 6.14. The first kappa shape index (κ1) is 16.1. The highest BCUT2D eigenvalue weighted by Gasteiger charge is 2.52. The lowest BCUT2D eigenvalue weighted by molar-refractivity contribution is -0.132. The maximum absolute atomic E-state index is 14.0. The molecule has 132 valence electrons. The van der Waals surface area contributed by atoms with Gasteiger partial charge in [-0.3, -0.25) is 14.4 Å². The normalized spacial score (nSPS) is 33.0. The van der Waals surface area contributed by atoms with E-state index in [-0.39, 0.29) is 17.9 Å². The highest BCUT2D eigenvalue weighted by atomic mass is 19.1. The van der Waals surface area contributed by atoms with Gasteiger partial charge in [-0.2, -0.15) is 5.10 Å². The molecule has 0 radical (unpaired) electrons. The van der Waals surface area contributed by atoms with Crippen molar-refractivity contribution in [2.45, 2.75) is 44.4 Å². The summed E-state index contributed by atoms with van der Waals surface area (Å²) in [4.78, 5) is 16.6. The Morgan fingerprint density at radius 3 is 2.88 bits per heavy atom. The summed E-state index contributed by atoms with van der Waals surface area (Å²) in [6.07, 6.45) is 5.18. The zero-order valence-corrected chi connectivity index (χ0v) is 14.6. The van der Waals surface area contributed by atoms with Crippen molar-refractivity contribution >= 4 is 5.91 Å². The Bertz CT molecular complexity index is 614. The van der Waals surface area contributed by atoms with Crippen LogP contribution in [-0.4, -0.2) is 57.8 Å². The first-order valence-corrected chi connectivity index (χ1v) is 9.13. The molecule has 2 aliphatic carbocycles. The summed E-state index contributed by atoms with van der Waals surface area (Å²) in [7, 11) is 3.80. The van der Waals surface area contributed by atoms with Gasteiger partial charge in [0.25, 0.3) is 0 Å². The van der Waals surface area contributed by atoms with E-state index in [1.807, 2.05) is 29.7 Å². The smallest absolute Gasteiger partial charge is 0.225 e. The van der Waals surface area contributed by atoms with Crippen molar-refractivity contribution in [2.24, 2.45) is 24.8 Å². The molecule has 1 aliphatic heterocycles. The van der Waals surface area contributed by atoms with Gasteiger partial charge in [0.05, 0.1) is 5.69 Å². The molecular weight excluding hydrogens is 307 g/mol. The van der Waals surface area contributed by atoms with Crippen molar-refractivity contribution in [3.8, 4) is 0 Å². The molecule has 0 spiro atoms. The molecule has 6 heteroatoms. The summed E-state index contributed by atoms with van der Waals surface area (Å²) in [5.41, 5.74) is 1.08. The fourth-order valence-electron chi connectivity index (χ4n) is 4.30. The predicted molar refractivity (Wildman–Crippen MR) is 88.9 cm³/mol. The molecule has 1 saturated heterocycles. The van der Waals surface area contributed by atoms with E-state index in [1.165, 1.54) is 12.8 Å². The van der Waals surface area contributed by atoms with Crippen molar-refractivity contribution in [3.05, 3.63) is 18.0 Å². The van der Waals surface area contributed by atoms with E-state index in [2.05, 4.69) is 10.00 Å². The van der Waals surface area contributed by atoms with Gasteiger partial charge in [0, 0.05) is 51.9 Å². The summed E-state index contributed by atoms with van der Waals surface area (Å²) in [6, 6.07) is 2.07. The lowest BCUT2D eigenvalue weighted by Crippen LogP contribution is -2.41. The van der Waals surface area contributed by atoms with Crippen LogP contribution in [0.1, 0.15) is 31.4 Å². The monoisotopic (exact) mass is 334 g/mol. The number of hydrogen-bond acceptors (Lipinski definition) is 3. The van der Waals surface area contributed by atoms with Gasteiger partial charge in [-0.1, -0.05) is 0 Å². The third-order valence-electron chi connectivity index (χ3n) is 6.01. The molecule has 4 atom stereocenters. The number of carbonyl (C=O) groups excluding carboxylic acids is 1. The molecule has 5 nitrogen and oxygen atoms in total. The van der Waals surface area contributed by atoms with Crippen LogP contribution in [0.4, 0.5) is 4.39 Å². The highest BCUT2D eigenvalue weighted by Crippen LogP contribution is 2.54. The molecule has 0 bridgehead atoms. The van der Waals surface area contributed by atoms with E-state index >= 15 is 0 Å². The maximum atomic E-state index is 14.0. The first-order chi connectivity index (χ1) is 11.5. The largest absolute Gasteiger partial charge is 0.344 e. The Morgan fingerprint density at radius 1 is 1.42 bits per heavy atom. The van der Waals surface area contributed by atoms with Gasteiger partial charge in [0.1, 0.15) is 6.17 Å². The molecule has 0 unspecified atom stereocenters. The zero-order chi connectivity index (χ0) is 16.8. The predicted octanol–water partition coefficient (Wildman–Crippen LogP) is 1.84. The number of hydrogen-bond donors (Lipinski definition) is 0. The van der Waals surface area contributed by atoms with E-state index in [9.17, 15) is 9.18 Å². The Kier molecular flexibility index (Phi) is 4.11. The summed E-state index contributed by atoms with van der Waals surface area (Å²) < 4.78 is 15.8. The second-order valence-electron chi connectivity index (χ2n) is 7.92. The van der Waals surface area contributed by atoms with E-state index in [0.717, 1.165) is 18.0 Å². The molecule has 24 heavy (non-hydrogen) atoms. The Balaban J connectivity index is 1.35. The standard InChI is InChI=1S/C18H27FN4O/c1-21(18(24)17-8-16(17)12-3-4-12)10-15-7-13(19)9-23(15)11-14-5-6-20-22(14)2/h5-6,12-13,15-17H,3-4,7-11H2,1-2H3/t13-,15-,16-,17-/m0/s1. The van der Waals surface area contributed by atoms with Gasteiger partial charge < -0.3 is 4.90 Å². The van der Waals surface area contributed by atoms with Crippen molar-refractivity contribution < 1.29 is 9.18 Å². The summed E-state index contributed by atoms with van der Waals surface area (Å²) in [6.45, 7) is 1.77. The number of likely N-dealkylation sites (N-methyl/N-ethyl adjacent to an activating group) is 1. The van der Waals surface area contributed by atoms with Gasteiger partial charge >= 0.3 is 0 Å². The molecule has 0 aromatic carbocycles. The number of alkyl halides is 1. The first-order valence-electron chi connectivity index (χ1n) is 9.13. The second-order valence-corrected chi connectivity index (χ2v) is 7.92. The Labute approximate surface area is 142 Å². The van der Waals surface area contributed by atoms with Crippen molar-refractivity contribution in [2.75, 3.05) is 20.1 Å². The number of likely N-dealkylation sites (tertiary alicyclic amines) is 1. The number of aryl methyl sites for hydroxylation is 1. The molecule has 2 heterocycles. The fourth-order valence-corrected chi connectivity index (χ4v) is 4.30. The maximum Gasteiger partial charge on any atom is 0.225 e. The number of carbonyl (C=O) groups is 1. The lowest BCUT2D eigenvalue weighted by Gasteiger charge is -2.28. The number of halogens is 1. The molecule has 1 aromatic rings. The minimum absolute atomic E-state index is 0.0991. The molecule has 3 fully saturated rings. The van der Waals surface area contributed by atoms with Gasteiger partial charge in [-0.05, 0) is 43.6 Å². The number of nitrogens with zero attached hydrogens (tertiary/aromatic N) is 4. The van der Waals surface area contributed by atoms with Gasteiger partial charge in [-0.25, -0.2) is 4.39 Å². The highest BCUT2D eigenvalue weighted by molar-refractivity contribution is 5.81. The van der Waals surface area contributed by atoms with Crippen LogP contribution in [0.25, 0.3) is 0 Å². The van der Waals surface area contributed by atoms with Gasteiger partial charge in [-0.15, -0.1) is 0 Å². The van der Waals surface area contributed by atoms with Crippen LogP contribution in [0, 0.1) is 17.8 Å². The average Bonchev–Trinajstić information content (AvgIpc) is 3.43. The minimum atomic E-state index is -0.799. The molecule has 0 N–H and O–H groups in total. The van der Waals surface area contributed by atoms with Gasteiger partial charge in [0.15, 0.2) is 0 Å². The van der Waals surface area contributed by atoms with E-state index in [4.69, 9.17) is 0 Å². The van der Waals surface area contributed by atoms with Crippen molar-refractivity contribution in [3.63, 3.8) is 0 Å². The summed E-state index contributed by atoms with van der Waals surface area (Å²) >= 11 is 0. The number of amides is 1. The van der Waals surface area contributed by atoms with Crippen molar-refractivity contribution in [1.82, 2.24) is 19.6 Å². The van der Waals surface area contributed by atoms with E-state index in [0.29, 0.717) is 32.0 Å². The molecule has 4 rings (SSSR count). The van der Waals surface area contributed by atoms with E-state index < -0.39 is 6.17 Å². The van der Waals surface area contributed by atoms with Crippen LogP contribution in [0.15, 0.2) is 12.3 Å². The lowest BCUT2D eigenvalue weighted by atomic mass is 10.1. The van der Waals surface area contributed by atoms with E-state index in [1.54, 1.807) is 6.20 Å². The average molecular weight is 334 g/mol. The molecule has 1 aromatic heterocycles. The van der Waals surface area contributed by atoms with Crippen LogP contribution in [0.5, 0.6) is 0 Å². The van der Waals surface area contributed by atoms with Gasteiger partial charge in [0.2, 0.25) is 5.91 Å². The third kappa shape index (κ3) is 3.21. The Hall–Kier alpha value is -1.43. The third-order valence-corrected chi connectivity index (χ3v) is 6.01. The van der Waals surface area contributed by atoms with Crippen molar-refractivity contribution in [1.29, 1.82) is 0 Å². The summed E-state index contributed by atoms with van der Waals surface area (Å²) in [5.74, 6) is 1.98. The summed E-state index contributed by atoms with van der Waals surface area (Å²) in [5, 5.41) is 4.19. The zero-order valence-electron chi connectivity index (χ0n) is 14.6. The van der Waals surface area contributed by atoms with Crippen LogP contribution >= 0.6 is 0 Å². The molecule has 2 saturated carbocycles. The molecule has 3 aliphatic rings. The number of aromatic nitrogens is 2. The number of rotatable bonds is 6. The fraction of sp³-hybridized carbons (Fsp3) is 0.778. The SMILES string of the molecule is CN(C[C@@H]1C[C@H](F)CN1Cc1ccnn1C)C(=O)[C@H]1C[C@H]1C1CC1. The van der Waals surface area contributed by atoms with Crippen LogP contribution in [-0.2, 0) is 18.4 Å². The topological polar surface area (TPSA) is 41.4 Å². The Morgan fingerprint density at radius 2 is 2.21 bits per heavy atom. The van der Waals surface area contributed by atoms with Crippen LogP contribution in [0.3, 0.4) is 0 Å². The van der Waals surface area contributed by atoms with Crippen LogP contribution in [0.2, 0.25) is 0 Å². The minimum Gasteiger partial charge on any atom is -0.344 e. The molecular formula is C18H27FN4O. The van der Waals surface area contributed by atoms with Crippen LogP contribution < -0.4 is 0 Å². The molecule has 1 amide bonds.